The van der Waals surface area contributed by atoms with Crippen LogP contribution in [0.3, 0.4) is 0 Å². The van der Waals surface area contributed by atoms with Gasteiger partial charge in [0.2, 0.25) is 0 Å². The third-order valence-corrected chi connectivity index (χ3v) is 2.97. The average molecular weight is 287 g/mol. The van der Waals surface area contributed by atoms with Crippen LogP contribution >= 0.6 is 0 Å². The van der Waals surface area contributed by atoms with Crippen molar-refractivity contribution in [2.24, 2.45) is 0 Å². The molecule has 0 saturated heterocycles. The molecule has 0 fully saturated rings. The molecular formula is C16H14FNO3. The first-order chi connectivity index (χ1) is 10.1. The Morgan fingerprint density at radius 3 is 2.43 bits per heavy atom. The Hall–Kier alpha value is -2.69. The maximum Gasteiger partial charge on any atom is 0.305 e. The molecule has 0 heterocycles. The number of carbonyl (C=O) groups is 2. The highest BCUT2D eigenvalue weighted by atomic mass is 19.1. The van der Waals surface area contributed by atoms with E-state index in [0.29, 0.717) is 11.1 Å². The van der Waals surface area contributed by atoms with Crippen LogP contribution < -0.4 is 5.32 Å². The molecule has 2 aromatic carbocycles. The molecule has 5 heteroatoms. The lowest BCUT2D eigenvalue weighted by atomic mass is 10.0. The van der Waals surface area contributed by atoms with Crippen LogP contribution in [0.25, 0.3) is 0 Å². The van der Waals surface area contributed by atoms with Gasteiger partial charge in [-0.05, 0) is 29.8 Å². The largest absolute Gasteiger partial charge is 0.481 e. The second-order valence-corrected chi connectivity index (χ2v) is 4.54. The second-order valence-electron chi connectivity index (χ2n) is 4.54. The molecule has 0 aromatic heterocycles. The zero-order valence-electron chi connectivity index (χ0n) is 11.1. The standard InChI is InChI=1S/C16H14FNO3/c17-13-8-4-7-12(9-13)14(10-15(19)20)18-16(21)11-5-2-1-3-6-11/h1-9,14H,10H2,(H,18,21)(H,19,20). The van der Waals surface area contributed by atoms with Crippen LogP contribution in [0, 0.1) is 5.82 Å². The summed E-state index contributed by atoms with van der Waals surface area (Å²) in [6.07, 6.45) is -0.317. The molecular weight excluding hydrogens is 273 g/mol. The fourth-order valence-electron chi connectivity index (χ4n) is 1.98. The molecule has 1 amide bonds. The van der Waals surface area contributed by atoms with Gasteiger partial charge >= 0.3 is 5.97 Å². The Balaban J connectivity index is 2.21. The first kappa shape index (κ1) is 14.7. The highest BCUT2D eigenvalue weighted by molar-refractivity contribution is 5.94. The number of hydrogen-bond acceptors (Lipinski definition) is 2. The van der Waals surface area contributed by atoms with Crippen molar-refractivity contribution in [3.05, 3.63) is 71.5 Å². The van der Waals surface area contributed by atoms with Crippen LogP contribution in [0.5, 0.6) is 0 Å². The molecule has 0 aliphatic carbocycles. The molecule has 2 rings (SSSR count). The van der Waals surface area contributed by atoms with Gasteiger partial charge in [0, 0.05) is 5.56 Å². The van der Waals surface area contributed by atoms with Gasteiger partial charge in [-0.1, -0.05) is 30.3 Å². The van der Waals surface area contributed by atoms with E-state index in [2.05, 4.69) is 5.32 Å². The van der Waals surface area contributed by atoms with Gasteiger partial charge in [-0.25, -0.2) is 4.39 Å². The highest BCUT2D eigenvalue weighted by Gasteiger charge is 2.19. The summed E-state index contributed by atoms with van der Waals surface area (Å²) in [6, 6.07) is 13.2. The van der Waals surface area contributed by atoms with Gasteiger partial charge in [0.25, 0.3) is 5.91 Å². The molecule has 108 valence electrons. The molecule has 1 unspecified atom stereocenters. The molecule has 1 atom stereocenters. The van der Waals surface area contributed by atoms with E-state index in [1.54, 1.807) is 36.4 Å². The summed E-state index contributed by atoms with van der Waals surface area (Å²) in [6.45, 7) is 0. The highest BCUT2D eigenvalue weighted by Crippen LogP contribution is 2.18. The molecule has 2 aromatic rings. The molecule has 0 aliphatic rings. The number of carboxylic acids is 1. The number of halogens is 1. The van der Waals surface area contributed by atoms with Crippen molar-refractivity contribution >= 4 is 11.9 Å². The topological polar surface area (TPSA) is 66.4 Å². The summed E-state index contributed by atoms with van der Waals surface area (Å²) in [5.41, 5.74) is 0.839. The van der Waals surface area contributed by atoms with E-state index < -0.39 is 23.7 Å². The monoisotopic (exact) mass is 287 g/mol. The molecule has 2 N–H and O–H groups in total. The number of amides is 1. The Labute approximate surface area is 121 Å². The van der Waals surface area contributed by atoms with E-state index in [0.717, 1.165) is 0 Å². The number of carboxylic acid groups (broad SMARTS) is 1. The Morgan fingerprint density at radius 2 is 1.81 bits per heavy atom. The number of benzene rings is 2. The molecule has 21 heavy (non-hydrogen) atoms. The molecule has 0 bridgehead atoms. The van der Waals surface area contributed by atoms with Crippen molar-refractivity contribution in [1.29, 1.82) is 0 Å². The van der Waals surface area contributed by atoms with Gasteiger partial charge in [-0.3, -0.25) is 9.59 Å². The minimum absolute atomic E-state index is 0.317. The van der Waals surface area contributed by atoms with Crippen LogP contribution in [-0.2, 0) is 4.79 Å². The third-order valence-electron chi connectivity index (χ3n) is 2.97. The smallest absolute Gasteiger partial charge is 0.305 e. The predicted octanol–water partition coefficient (Wildman–Crippen LogP) is 2.77. The Kier molecular flexibility index (Phi) is 4.66. The van der Waals surface area contributed by atoms with Crippen molar-refractivity contribution < 1.29 is 19.1 Å². The molecule has 0 aliphatic heterocycles. The number of nitrogens with one attached hydrogen (secondary N) is 1. The second kappa shape index (κ2) is 6.65. The van der Waals surface area contributed by atoms with Gasteiger partial charge in [-0.2, -0.15) is 0 Å². The minimum Gasteiger partial charge on any atom is -0.481 e. The van der Waals surface area contributed by atoms with Crippen LogP contribution in [-0.4, -0.2) is 17.0 Å². The molecule has 0 saturated carbocycles. The van der Waals surface area contributed by atoms with Crippen molar-refractivity contribution in [3.63, 3.8) is 0 Å². The van der Waals surface area contributed by atoms with Crippen molar-refractivity contribution in [2.45, 2.75) is 12.5 Å². The lowest BCUT2D eigenvalue weighted by molar-refractivity contribution is -0.137. The van der Waals surface area contributed by atoms with E-state index in [4.69, 9.17) is 5.11 Å². The first-order valence-corrected chi connectivity index (χ1v) is 6.39. The average Bonchev–Trinajstić information content (AvgIpc) is 2.47. The van der Waals surface area contributed by atoms with Crippen LogP contribution in [0.1, 0.15) is 28.4 Å². The van der Waals surface area contributed by atoms with Gasteiger partial charge in [0.1, 0.15) is 5.82 Å². The SMILES string of the molecule is O=C(O)CC(NC(=O)c1ccccc1)c1cccc(F)c1. The maximum atomic E-state index is 13.3. The zero-order valence-corrected chi connectivity index (χ0v) is 11.1. The van der Waals surface area contributed by atoms with Crippen molar-refractivity contribution in [3.8, 4) is 0 Å². The summed E-state index contributed by atoms with van der Waals surface area (Å²) >= 11 is 0. The maximum absolute atomic E-state index is 13.3. The van der Waals surface area contributed by atoms with Gasteiger partial charge in [0.15, 0.2) is 0 Å². The number of aliphatic carboxylic acids is 1. The Morgan fingerprint density at radius 1 is 1.10 bits per heavy atom. The van der Waals surface area contributed by atoms with Crippen molar-refractivity contribution in [2.75, 3.05) is 0 Å². The summed E-state index contributed by atoms with van der Waals surface area (Å²) in [5, 5.41) is 11.6. The molecule has 4 nitrogen and oxygen atoms in total. The van der Waals surface area contributed by atoms with Gasteiger partial charge in [-0.15, -0.1) is 0 Å². The number of rotatable bonds is 5. The van der Waals surface area contributed by atoms with E-state index >= 15 is 0 Å². The lowest BCUT2D eigenvalue weighted by Gasteiger charge is -2.17. The van der Waals surface area contributed by atoms with Crippen LogP contribution in [0.4, 0.5) is 4.39 Å². The zero-order chi connectivity index (χ0) is 15.2. The fourth-order valence-corrected chi connectivity index (χ4v) is 1.98. The quantitative estimate of drug-likeness (QED) is 0.888. The van der Waals surface area contributed by atoms with E-state index in [1.807, 2.05) is 0 Å². The summed E-state index contributed by atoms with van der Waals surface area (Å²) in [7, 11) is 0. The molecule has 0 radical (unpaired) electrons. The van der Waals surface area contributed by atoms with E-state index in [9.17, 15) is 14.0 Å². The van der Waals surface area contributed by atoms with E-state index in [1.165, 1.54) is 18.2 Å². The fraction of sp³-hybridized carbons (Fsp3) is 0.125. The van der Waals surface area contributed by atoms with Crippen molar-refractivity contribution in [1.82, 2.24) is 5.32 Å². The predicted molar refractivity (Wildman–Crippen MR) is 75.3 cm³/mol. The summed E-state index contributed by atoms with van der Waals surface area (Å²) in [5.74, 6) is -1.94. The van der Waals surface area contributed by atoms with Gasteiger partial charge < -0.3 is 10.4 Å². The summed E-state index contributed by atoms with van der Waals surface area (Å²) < 4.78 is 13.3. The Bertz CT molecular complexity index is 643. The van der Waals surface area contributed by atoms with E-state index in [-0.39, 0.29) is 6.42 Å². The molecule has 0 spiro atoms. The normalized spacial score (nSPS) is 11.7. The number of hydrogen-bond donors (Lipinski definition) is 2. The van der Waals surface area contributed by atoms with Crippen LogP contribution in [0.15, 0.2) is 54.6 Å². The third kappa shape index (κ3) is 4.14. The number of carbonyl (C=O) groups excluding carboxylic acids is 1. The lowest BCUT2D eigenvalue weighted by Crippen LogP contribution is -2.30. The first-order valence-electron chi connectivity index (χ1n) is 6.39. The van der Waals surface area contributed by atoms with Gasteiger partial charge in [0.05, 0.1) is 12.5 Å². The summed E-state index contributed by atoms with van der Waals surface area (Å²) in [4.78, 5) is 23.0. The minimum atomic E-state index is -1.07. The van der Waals surface area contributed by atoms with Crippen LogP contribution in [0.2, 0.25) is 0 Å².